The van der Waals surface area contributed by atoms with Crippen molar-refractivity contribution in [2.24, 2.45) is 5.90 Å². The van der Waals surface area contributed by atoms with Crippen molar-refractivity contribution < 1.29 is 32.7 Å². The smallest absolute Gasteiger partial charge is 0.161 e. The fourth-order valence-corrected chi connectivity index (χ4v) is 2.87. The van der Waals surface area contributed by atoms with Crippen LogP contribution in [0.2, 0.25) is 0 Å². The van der Waals surface area contributed by atoms with Gasteiger partial charge in [0.25, 0.3) is 0 Å². The second-order valence-electron chi connectivity index (χ2n) is 5.99. The molecule has 0 unspecified atom stereocenters. The first kappa shape index (κ1) is 24.2. The van der Waals surface area contributed by atoms with Gasteiger partial charge in [-0.2, -0.15) is 0 Å². The van der Waals surface area contributed by atoms with E-state index in [0.717, 1.165) is 23.5 Å². The SMILES string of the molecule is NOSCOc1ccccc1N1CCOCCOCCOCCOCCOCC1. The summed E-state index contributed by atoms with van der Waals surface area (Å²) in [6.07, 6.45) is 0. The van der Waals surface area contributed by atoms with Gasteiger partial charge in [-0.15, -0.1) is 0 Å². The van der Waals surface area contributed by atoms with E-state index in [0.29, 0.717) is 85.1 Å². The number of nitrogens with zero attached hydrogens (tertiary/aromatic N) is 1. The Kier molecular flexibility index (Phi) is 13.9. The lowest BCUT2D eigenvalue weighted by molar-refractivity contribution is -0.0116. The molecule has 1 aromatic rings. The van der Waals surface area contributed by atoms with Crippen LogP contribution in [0.15, 0.2) is 24.3 Å². The second kappa shape index (κ2) is 16.7. The first-order valence-electron chi connectivity index (χ1n) is 9.75. The molecule has 2 N–H and O–H groups in total. The summed E-state index contributed by atoms with van der Waals surface area (Å²) in [6, 6.07) is 7.84. The molecule has 166 valence electrons. The van der Waals surface area contributed by atoms with Gasteiger partial charge in [-0.3, -0.25) is 0 Å². The van der Waals surface area contributed by atoms with Crippen molar-refractivity contribution in [1.29, 1.82) is 0 Å². The molecule has 2 rings (SSSR count). The first-order valence-corrected chi connectivity index (χ1v) is 10.7. The summed E-state index contributed by atoms with van der Waals surface area (Å²) in [5.41, 5.74) is 0.969. The molecule has 0 spiro atoms. The number of nitrogens with two attached hydrogens (primary N) is 1. The van der Waals surface area contributed by atoms with E-state index in [4.69, 9.17) is 34.3 Å². The van der Waals surface area contributed by atoms with Crippen LogP contribution in [0, 0.1) is 0 Å². The maximum Gasteiger partial charge on any atom is 0.161 e. The third-order valence-corrected chi connectivity index (χ3v) is 4.39. The van der Waals surface area contributed by atoms with Crippen LogP contribution in [0.1, 0.15) is 0 Å². The standard InChI is InChI=1S/C19H32N2O7S/c20-28-29-17-27-19-4-2-1-3-18(19)21-5-7-22-9-11-24-13-15-26-16-14-25-12-10-23-8-6-21/h1-4H,5-17,20H2. The topological polar surface area (TPSA) is 93.9 Å². The number of hydrogen-bond donors (Lipinski definition) is 1. The largest absolute Gasteiger partial charge is 0.478 e. The van der Waals surface area contributed by atoms with Crippen molar-refractivity contribution in [1.82, 2.24) is 0 Å². The van der Waals surface area contributed by atoms with E-state index >= 15 is 0 Å². The summed E-state index contributed by atoms with van der Waals surface area (Å²) < 4.78 is 38.1. The summed E-state index contributed by atoms with van der Waals surface area (Å²) in [5, 5.41) is 0. The van der Waals surface area contributed by atoms with E-state index in [1.807, 2.05) is 24.3 Å². The minimum atomic E-state index is 0.298. The fraction of sp³-hybridized carbons (Fsp3) is 0.684. The van der Waals surface area contributed by atoms with Gasteiger partial charge in [-0.25, -0.2) is 10.2 Å². The number of benzene rings is 1. The Balaban J connectivity index is 1.90. The zero-order valence-electron chi connectivity index (χ0n) is 16.8. The van der Waals surface area contributed by atoms with Crippen molar-refractivity contribution in [2.45, 2.75) is 0 Å². The molecule has 1 saturated heterocycles. The summed E-state index contributed by atoms with van der Waals surface area (Å²) in [4.78, 5) is 2.18. The molecule has 1 aliphatic heterocycles. The van der Waals surface area contributed by atoms with Crippen LogP contribution in [-0.2, 0) is 28.0 Å². The molecule has 0 aliphatic carbocycles. The average molecular weight is 433 g/mol. The maximum absolute atomic E-state index is 5.78. The van der Waals surface area contributed by atoms with Crippen LogP contribution in [0.25, 0.3) is 0 Å². The normalized spacial score (nSPS) is 19.3. The highest BCUT2D eigenvalue weighted by molar-refractivity contribution is 7.94. The van der Waals surface area contributed by atoms with Crippen molar-refractivity contribution in [3.63, 3.8) is 0 Å². The Labute approximate surface area is 176 Å². The average Bonchev–Trinajstić information content (AvgIpc) is 2.74. The first-order chi connectivity index (χ1) is 14.4. The van der Waals surface area contributed by atoms with Gasteiger partial charge in [0, 0.05) is 13.1 Å². The zero-order valence-corrected chi connectivity index (χ0v) is 17.6. The third kappa shape index (κ3) is 11.0. The van der Waals surface area contributed by atoms with Crippen molar-refractivity contribution in [3.05, 3.63) is 24.3 Å². The van der Waals surface area contributed by atoms with Crippen molar-refractivity contribution in [2.75, 3.05) is 90.0 Å². The summed E-state index contributed by atoms with van der Waals surface area (Å²) in [5.74, 6) is 6.10. The van der Waals surface area contributed by atoms with Crippen molar-refractivity contribution in [3.8, 4) is 5.75 Å². The molecule has 10 heteroatoms. The molecule has 0 bridgehead atoms. The van der Waals surface area contributed by atoms with Gasteiger partial charge < -0.3 is 33.3 Å². The van der Waals surface area contributed by atoms with Crippen LogP contribution in [-0.4, -0.2) is 85.1 Å². The quantitative estimate of drug-likeness (QED) is 0.319. The number of hydrogen-bond acceptors (Lipinski definition) is 10. The third-order valence-electron chi connectivity index (χ3n) is 4.04. The molecule has 1 fully saturated rings. The van der Waals surface area contributed by atoms with Crippen LogP contribution in [0.5, 0.6) is 5.75 Å². The molecule has 1 aromatic carbocycles. The molecule has 0 radical (unpaired) electrons. The lowest BCUT2D eigenvalue weighted by Crippen LogP contribution is -2.32. The molecule has 29 heavy (non-hydrogen) atoms. The molecule has 1 aliphatic rings. The molecule has 1 heterocycles. The Morgan fingerprint density at radius 1 is 0.759 bits per heavy atom. The van der Waals surface area contributed by atoms with E-state index in [9.17, 15) is 0 Å². The molecular weight excluding hydrogens is 400 g/mol. The zero-order chi connectivity index (χ0) is 20.4. The minimum Gasteiger partial charge on any atom is -0.478 e. The second-order valence-corrected chi connectivity index (χ2v) is 6.66. The highest BCUT2D eigenvalue weighted by Crippen LogP contribution is 2.28. The highest BCUT2D eigenvalue weighted by Gasteiger charge is 2.12. The van der Waals surface area contributed by atoms with Gasteiger partial charge in [0.2, 0.25) is 0 Å². The van der Waals surface area contributed by atoms with Crippen LogP contribution in [0.4, 0.5) is 5.69 Å². The van der Waals surface area contributed by atoms with Gasteiger partial charge in [0.1, 0.15) is 5.75 Å². The highest BCUT2D eigenvalue weighted by atomic mass is 32.2. The minimum absolute atomic E-state index is 0.298. The van der Waals surface area contributed by atoms with Crippen LogP contribution < -0.4 is 15.5 Å². The number of rotatable bonds is 5. The van der Waals surface area contributed by atoms with Crippen LogP contribution in [0.3, 0.4) is 0 Å². The van der Waals surface area contributed by atoms with Gasteiger partial charge >= 0.3 is 0 Å². The molecule has 9 nitrogen and oxygen atoms in total. The van der Waals surface area contributed by atoms with E-state index in [-0.39, 0.29) is 0 Å². The lowest BCUT2D eigenvalue weighted by Gasteiger charge is -2.26. The van der Waals surface area contributed by atoms with Crippen LogP contribution >= 0.6 is 12.0 Å². The summed E-state index contributed by atoms with van der Waals surface area (Å²) >= 11 is 1.04. The molecular formula is C19H32N2O7S. The van der Waals surface area contributed by atoms with Gasteiger partial charge in [0.05, 0.1) is 83.8 Å². The Bertz CT molecular complexity index is 509. The Morgan fingerprint density at radius 2 is 1.24 bits per heavy atom. The molecule has 0 saturated carbocycles. The molecule has 0 aromatic heterocycles. The van der Waals surface area contributed by atoms with Gasteiger partial charge in [-0.1, -0.05) is 12.1 Å². The number of anilines is 1. The van der Waals surface area contributed by atoms with Crippen molar-refractivity contribution >= 4 is 17.7 Å². The Hall–Kier alpha value is -1.11. The van der Waals surface area contributed by atoms with Gasteiger partial charge in [0.15, 0.2) is 5.94 Å². The maximum atomic E-state index is 5.78. The van der Waals surface area contributed by atoms with E-state index in [2.05, 4.69) is 9.18 Å². The molecule has 0 amide bonds. The summed E-state index contributed by atoms with van der Waals surface area (Å²) in [7, 11) is 0. The predicted molar refractivity (Wildman–Crippen MR) is 111 cm³/mol. The number of para-hydroxylation sites is 2. The summed E-state index contributed by atoms with van der Waals surface area (Å²) in [6.45, 7) is 6.89. The fourth-order valence-electron chi connectivity index (χ4n) is 2.64. The van der Waals surface area contributed by atoms with E-state index < -0.39 is 0 Å². The number of ether oxygens (including phenoxy) is 6. The molecule has 0 atom stereocenters. The van der Waals surface area contributed by atoms with E-state index in [1.54, 1.807) is 0 Å². The Morgan fingerprint density at radius 3 is 1.76 bits per heavy atom. The predicted octanol–water partition coefficient (Wildman–Crippen LogP) is 1.46. The van der Waals surface area contributed by atoms with E-state index in [1.165, 1.54) is 0 Å². The van der Waals surface area contributed by atoms with Gasteiger partial charge in [-0.05, 0) is 12.1 Å². The monoisotopic (exact) mass is 432 g/mol. The lowest BCUT2D eigenvalue weighted by atomic mass is 10.2.